The SMILES string of the molecule is CNC(C)(COc1ccc(CO)cc1OC)C(=O)OC. The summed E-state index contributed by atoms with van der Waals surface area (Å²) >= 11 is 0. The van der Waals surface area contributed by atoms with Crippen molar-refractivity contribution in [1.29, 1.82) is 0 Å². The molecule has 1 unspecified atom stereocenters. The highest BCUT2D eigenvalue weighted by Gasteiger charge is 2.34. The van der Waals surface area contributed by atoms with E-state index in [2.05, 4.69) is 5.32 Å². The number of hydrogen-bond donors (Lipinski definition) is 2. The summed E-state index contributed by atoms with van der Waals surface area (Å²) in [6, 6.07) is 5.11. The normalized spacial score (nSPS) is 13.4. The summed E-state index contributed by atoms with van der Waals surface area (Å²) < 4.78 is 15.6. The van der Waals surface area contributed by atoms with E-state index >= 15 is 0 Å². The first-order valence-corrected chi connectivity index (χ1v) is 6.18. The van der Waals surface area contributed by atoms with Gasteiger partial charge in [-0.3, -0.25) is 0 Å². The molecule has 1 rings (SSSR count). The summed E-state index contributed by atoms with van der Waals surface area (Å²) in [5.74, 6) is 0.584. The van der Waals surface area contributed by atoms with Crippen LogP contribution in [0, 0.1) is 0 Å². The van der Waals surface area contributed by atoms with Gasteiger partial charge < -0.3 is 24.6 Å². The van der Waals surface area contributed by atoms with Crippen molar-refractivity contribution >= 4 is 5.97 Å². The van der Waals surface area contributed by atoms with Gasteiger partial charge in [0.15, 0.2) is 11.5 Å². The largest absolute Gasteiger partial charge is 0.493 e. The Morgan fingerprint density at radius 2 is 2.05 bits per heavy atom. The summed E-state index contributed by atoms with van der Waals surface area (Å²) in [4.78, 5) is 11.7. The van der Waals surface area contributed by atoms with Gasteiger partial charge in [-0.2, -0.15) is 0 Å². The quantitative estimate of drug-likeness (QED) is 0.718. The minimum absolute atomic E-state index is 0.0764. The maximum Gasteiger partial charge on any atom is 0.329 e. The van der Waals surface area contributed by atoms with Crippen LogP contribution in [0.5, 0.6) is 11.5 Å². The molecule has 0 spiro atoms. The van der Waals surface area contributed by atoms with Crippen molar-refractivity contribution in [1.82, 2.24) is 5.32 Å². The monoisotopic (exact) mass is 283 g/mol. The molecule has 0 aromatic heterocycles. The first-order valence-electron chi connectivity index (χ1n) is 6.18. The smallest absolute Gasteiger partial charge is 0.329 e. The molecular weight excluding hydrogens is 262 g/mol. The summed E-state index contributed by atoms with van der Waals surface area (Å²) in [6.07, 6.45) is 0. The maximum absolute atomic E-state index is 11.7. The fourth-order valence-electron chi connectivity index (χ4n) is 1.61. The Morgan fingerprint density at radius 1 is 1.35 bits per heavy atom. The highest BCUT2D eigenvalue weighted by molar-refractivity contribution is 5.80. The predicted octanol–water partition coefficient (Wildman–Crippen LogP) is 0.717. The molecule has 0 aliphatic rings. The van der Waals surface area contributed by atoms with Crippen molar-refractivity contribution in [2.45, 2.75) is 19.1 Å². The van der Waals surface area contributed by atoms with Crippen molar-refractivity contribution in [3.8, 4) is 11.5 Å². The molecular formula is C14H21NO5. The lowest BCUT2D eigenvalue weighted by atomic mass is 10.1. The van der Waals surface area contributed by atoms with Crippen molar-refractivity contribution < 1.29 is 24.1 Å². The number of benzene rings is 1. The number of nitrogens with one attached hydrogen (secondary N) is 1. The van der Waals surface area contributed by atoms with Crippen LogP contribution >= 0.6 is 0 Å². The summed E-state index contributed by atoms with van der Waals surface area (Å²) in [5.41, 5.74) is -0.228. The Kier molecular flexibility index (Phi) is 5.79. The molecule has 112 valence electrons. The highest BCUT2D eigenvalue weighted by Crippen LogP contribution is 2.28. The third kappa shape index (κ3) is 3.61. The standard InChI is InChI=1S/C14H21NO5/c1-14(15-2,13(17)19-4)9-20-11-6-5-10(8-16)7-12(11)18-3/h5-7,15-16H,8-9H2,1-4H3. The number of carbonyl (C=O) groups excluding carboxylic acids is 1. The Hall–Kier alpha value is -1.79. The molecule has 0 fully saturated rings. The van der Waals surface area contributed by atoms with E-state index in [4.69, 9.17) is 19.3 Å². The zero-order valence-corrected chi connectivity index (χ0v) is 12.2. The van der Waals surface area contributed by atoms with Gasteiger partial charge in [-0.25, -0.2) is 4.79 Å². The van der Waals surface area contributed by atoms with Crippen molar-refractivity contribution in [3.05, 3.63) is 23.8 Å². The molecule has 1 atom stereocenters. The summed E-state index contributed by atoms with van der Waals surface area (Å²) in [7, 11) is 4.50. The number of carbonyl (C=O) groups is 1. The third-order valence-corrected chi connectivity index (χ3v) is 3.11. The second kappa shape index (κ2) is 7.12. The average molecular weight is 283 g/mol. The van der Waals surface area contributed by atoms with Crippen LogP contribution in [0.4, 0.5) is 0 Å². The van der Waals surface area contributed by atoms with E-state index in [1.165, 1.54) is 14.2 Å². The first kappa shape index (κ1) is 16.3. The fourth-order valence-corrected chi connectivity index (χ4v) is 1.61. The minimum Gasteiger partial charge on any atom is -0.493 e. The van der Waals surface area contributed by atoms with E-state index in [1.54, 1.807) is 32.2 Å². The second-order valence-corrected chi connectivity index (χ2v) is 4.51. The number of esters is 1. The van der Waals surface area contributed by atoms with Crippen LogP contribution < -0.4 is 14.8 Å². The van der Waals surface area contributed by atoms with Gasteiger partial charge in [-0.15, -0.1) is 0 Å². The first-order chi connectivity index (χ1) is 9.50. The van der Waals surface area contributed by atoms with Crippen LogP contribution in [0.25, 0.3) is 0 Å². The van der Waals surface area contributed by atoms with E-state index in [9.17, 15) is 4.79 Å². The molecule has 0 saturated carbocycles. The molecule has 0 aliphatic heterocycles. The highest BCUT2D eigenvalue weighted by atomic mass is 16.5. The molecule has 0 heterocycles. The molecule has 1 aromatic rings. The minimum atomic E-state index is -0.949. The van der Waals surface area contributed by atoms with E-state index in [0.717, 1.165) is 5.56 Å². The Balaban J connectivity index is 2.85. The zero-order chi connectivity index (χ0) is 15.2. The molecule has 6 nitrogen and oxygen atoms in total. The van der Waals surface area contributed by atoms with Crippen LogP contribution in [-0.4, -0.2) is 44.5 Å². The number of hydrogen-bond acceptors (Lipinski definition) is 6. The lowest BCUT2D eigenvalue weighted by Crippen LogP contribution is -2.52. The molecule has 1 aromatic carbocycles. The van der Waals surface area contributed by atoms with Crippen LogP contribution in [0.1, 0.15) is 12.5 Å². The molecule has 0 aliphatic carbocycles. The van der Waals surface area contributed by atoms with Gasteiger partial charge in [-0.05, 0) is 31.7 Å². The second-order valence-electron chi connectivity index (χ2n) is 4.51. The Bertz CT molecular complexity index is 463. The third-order valence-electron chi connectivity index (χ3n) is 3.11. The van der Waals surface area contributed by atoms with Gasteiger partial charge in [-0.1, -0.05) is 6.07 Å². The fraction of sp³-hybridized carbons (Fsp3) is 0.500. The van der Waals surface area contributed by atoms with Crippen molar-refractivity contribution in [3.63, 3.8) is 0 Å². The van der Waals surface area contributed by atoms with E-state index in [0.29, 0.717) is 11.5 Å². The van der Waals surface area contributed by atoms with E-state index in [1.807, 2.05) is 0 Å². The Morgan fingerprint density at radius 3 is 2.55 bits per heavy atom. The topological polar surface area (TPSA) is 77.0 Å². The average Bonchev–Trinajstić information content (AvgIpc) is 2.51. The molecule has 2 N–H and O–H groups in total. The number of aliphatic hydroxyl groups excluding tert-OH is 1. The van der Waals surface area contributed by atoms with Crippen molar-refractivity contribution in [2.24, 2.45) is 0 Å². The van der Waals surface area contributed by atoms with E-state index in [-0.39, 0.29) is 13.2 Å². The molecule has 0 bridgehead atoms. The summed E-state index contributed by atoms with van der Waals surface area (Å²) in [5, 5.41) is 12.0. The lowest BCUT2D eigenvalue weighted by Gasteiger charge is -2.26. The van der Waals surface area contributed by atoms with Crippen LogP contribution in [0.15, 0.2) is 18.2 Å². The van der Waals surface area contributed by atoms with Gasteiger partial charge in [0.05, 0.1) is 20.8 Å². The number of methoxy groups -OCH3 is 2. The van der Waals surface area contributed by atoms with Gasteiger partial charge in [0.25, 0.3) is 0 Å². The van der Waals surface area contributed by atoms with Gasteiger partial charge in [0.2, 0.25) is 0 Å². The van der Waals surface area contributed by atoms with Gasteiger partial charge >= 0.3 is 5.97 Å². The van der Waals surface area contributed by atoms with Crippen LogP contribution in [-0.2, 0) is 16.1 Å². The number of aliphatic hydroxyl groups is 1. The molecule has 0 radical (unpaired) electrons. The van der Waals surface area contributed by atoms with Gasteiger partial charge in [0.1, 0.15) is 12.1 Å². The molecule has 20 heavy (non-hydrogen) atoms. The number of likely N-dealkylation sites (N-methyl/N-ethyl adjacent to an activating group) is 1. The predicted molar refractivity (Wildman–Crippen MR) is 73.9 cm³/mol. The van der Waals surface area contributed by atoms with Gasteiger partial charge in [0, 0.05) is 0 Å². The van der Waals surface area contributed by atoms with E-state index < -0.39 is 11.5 Å². The number of ether oxygens (including phenoxy) is 3. The maximum atomic E-state index is 11.7. The Labute approximate surface area is 118 Å². The van der Waals surface area contributed by atoms with Crippen LogP contribution in [0.2, 0.25) is 0 Å². The zero-order valence-electron chi connectivity index (χ0n) is 12.2. The molecule has 0 amide bonds. The lowest BCUT2D eigenvalue weighted by molar-refractivity contribution is -0.148. The van der Waals surface area contributed by atoms with Crippen LogP contribution in [0.3, 0.4) is 0 Å². The molecule has 0 saturated heterocycles. The number of rotatable bonds is 7. The van der Waals surface area contributed by atoms with Crippen molar-refractivity contribution in [2.75, 3.05) is 27.9 Å². The molecule has 6 heteroatoms. The summed E-state index contributed by atoms with van der Waals surface area (Å²) in [6.45, 7) is 1.70.